The van der Waals surface area contributed by atoms with Crippen LogP contribution in [0.25, 0.3) is 0 Å². The zero-order valence-corrected chi connectivity index (χ0v) is 9.38. The predicted octanol–water partition coefficient (Wildman–Crippen LogP) is -0.206. The van der Waals surface area contributed by atoms with E-state index in [2.05, 4.69) is 5.32 Å². The molecule has 5 nitrogen and oxygen atoms in total. The second-order valence-corrected chi connectivity index (χ2v) is 6.04. The van der Waals surface area contributed by atoms with E-state index in [1.165, 1.54) is 0 Å². The molecule has 0 aromatic carbocycles. The quantitative estimate of drug-likeness (QED) is 0.657. The minimum Gasteiger partial charge on any atom is -0.478 e. The van der Waals surface area contributed by atoms with Crippen LogP contribution < -0.4 is 5.32 Å². The van der Waals surface area contributed by atoms with Crippen LogP contribution in [-0.4, -0.2) is 43.6 Å². The molecule has 1 unspecified atom stereocenters. The van der Waals surface area contributed by atoms with Crippen molar-refractivity contribution in [3.63, 3.8) is 0 Å². The van der Waals surface area contributed by atoms with Gasteiger partial charge in [-0.2, -0.15) is 0 Å². The maximum atomic E-state index is 11.1. The Morgan fingerprint density at radius 2 is 2.27 bits per heavy atom. The fourth-order valence-corrected chi connectivity index (χ4v) is 3.23. The van der Waals surface area contributed by atoms with Crippen LogP contribution in [0.3, 0.4) is 0 Å². The van der Waals surface area contributed by atoms with E-state index in [0.717, 1.165) is 6.08 Å². The molecule has 0 aromatic rings. The molecule has 0 radical (unpaired) electrons. The molecule has 0 aliphatic carbocycles. The van der Waals surface area contributed by atoms with E-state index < -0.39 is 15.8 Å². The van der Waals surface area contributed by atoms with Gasteiger partial charge < -0.3 is 10.4 Å². The summed E-state index contributed by atoms with van der Waals surface area (Å²) in [5, 5.41) is 11.5. The largest absolute Gasteiger partial charge is 0.478 e. The second kappa shape index (κ2) is 4.76. The van der Waals surface area contributed by atoms with Gasteiger partial charge in [-0.05, 0) is 13.3 Å². The van der Waals surface area contributed by atoms with Gasteiger partial charge in [0.15, 0.2) is 9.84 Å². The van der Waals surface area contributed by atoms with Crippen LogP contribution in [-0.2, 0) is 14.6 Å². The Morgan fingerprint density at radius 1 is 1.60 bits per heavy atom. The first-order valence-electron chi connectivity index (χ1n) is 4.73. The van der Waals surface area contributed by atoms with E-state index in [1.807, 2.05) is 0 Å². The third-order valence-electron chi connectivity index (χ3n) is 2.27. The van der Waals surface area contributed by atoms with Crippen molar-refractivity contribution in [2.45, 2.75) is 19.4 Å². The highest BCUT2D eigenvalue weighted by Gasteiger charge is 2.27. The normalized spacial score (nSPS) is 25.4. The molecule has 0 spiro atoms. The van der Waals surface area contributed by atoms with Crippen molar-refractivity contribution in [1.29, 1.82) is 0 Å². The van der Waals surface area contributed by atoms with Crippen molar-refractivity contribution in [3.05, 3.63) is 11.6 Å². The van der Waals surface area contributed by atoms with Crippen LogP contribution >= 0.6 is 0 Å². The average molecular weight is 233 g/mol. The van der Waals surface area contributed by atoms with E-state index in [4.69, 9.17) is 5.11 Å². The van der Waals surface area contributed by atoms with Gasteiger partial charge in [-0.3, -0.25) is 0 Å². The lowest BCUT2D eigenvalue weighted by Gasteiger charge is -2.10. The molecule has 1 aliphatic rings. The van der Waals surface area contributed by atoms with Crippen LogP contribution in [0.2, 0.25) is 0 Å². The maximum absolute atomic E-state index is 11.1. The van der Waals surface area contributed by atoms with Crippen molar-refractivity contribution >= 4 is 15.8 Å². The van der Waals surface area contributed by atoms with E-state index in [-0.39, 0.29) is 17.5 Å². The molecule has 86 valence electrons. The Balaban J connectivity index is 2.36. The van der Waals surface area contributed by atoms with Crippen LogP contribution in [0.1, 0.15) is 13.3 Å². The highest BCUT2D eigenvalue weighted by Crippen LogP contribution is 2.11. The minimum absolute atomic E-state index is 0.0351. The van der Waals surface area contributed by atoms with Gasteiger partial charge >= 0.3 is 5.97 Å². The highest BCUT2D eigenvalue weighted by molar-refractivity contribution is 7.91. The topological polar surface area (TPSA) is 83.5 Å². The fraction of sp³-hybridized carbons (Fsp3) is 0.667. The summed E-state index contributed by atoms with van der Waals surface area (Å²) in [5.41, 5.74) is 0.687. The van der Waals surface area contributed by atoms with Gasteiger partial charge in [0.05, 0.1) is 11.5 Å². The lowest BCUT2D eigenvalue weighted by atomic mass is 10.2. The molecule has 15 heavy (non-hydrogen) atoms. The molecule has 0 bridgehead atoms. The van der Waals surface area contributed by atoms with E-state index in [1.54, 1.807) is 6.92 Å². The minimum atomic E-state index is -2.86. The van der Waals surface area contributed by atoms with Gasteiger partial charge in [0.2, 0.25) is 0 Å². The van der Waals surface area contributed by atoms with Gasteiger partial charge in [-0.1, -0.05) is 5.57 Å². The molecule has 1 aliphatic heterocycles. The SMILES string of the molecule is CC(=CC(=O)O)CNC1CCS(=O)(=O)C1. The lowest BCUT2D eigenvalue weighted by Crippen LogP contribution is -2.31. The first-order valence-corrected chi connectivity index (χ1v) is 6.55. The number of rotatable bonds is 4. The molecule has 1 atom stereocenters. The number of carboxylic acid groups (broad SMARTS) is 1. The zero-order chi connectivity index (χ0) is 11.5. The fourth-order valence-electron chi connectivity index (χ4n) is 1.52. The maximum Gasteiger partial charge on any atom is 0.328 e. The number of hydrogen-bond acceptors (Lipinski definition) is 4. The second-order valence-electron chi connectivity index (χ2n) is 3.81. The standard InChI is InChI=1S/C9H15NO4S/c1-7(4-9(11)12)5-10-8-2-3-15(13,14)6-8/h4,8,10H,2-3,5-6H2,1H3,(H,11,12). The lowest BCUT2D eigenvalue weighted by molar-refractivity contribution is -0.131. The zero-order valence-electron chi connectivity index (χ0n) is 8.56. The van der Waals surface area contributed by atoms with Gasteiger partial charge in [0.25, 0.3) is 0 Å². The molecule has 6 heteroatoms. The monoisotopic (exact) mass is 233 g/mol. The Morgan fingerprint density at radius 3 is 2.73 bits per heavy atom. The molecule has 0 saturated carbocycles. The molecule has 1 rings (SSSR count). The van der Waals surface area contributed by atoms with E-state index >= 15 is 0 Å². The number of sulfone groups is 1. The van der Waals surface area contributed by atoms with Crippen molar-refractivity contribution in [3.8, 4) is 0 Å². The van der Waals surface area contributed by atoms with Crippen molar-refractivity contribution < 1.29 is 18.3 Å². The third kappa shape index (κ3) is 4.44. The Labute approximate surface area is 89.1 Å². The summed E-state index contributed by atoms with van der Waals surface area (Å²) in [6, 6.07) is -0.0351. The van der Waals surface area contributed by atoms with Gasteiger partial charge in [0, 0.05) is 18.7 Å². The molecule has 1 saturated heterocycles. The third-order valence-corrected chi connectivity index (χ3v) is 4.04. The summed E-state index contributed by atoms with van der Waals surface area (Å²) in [7, 11) is -2.86. The highest BCUT2D eigenvalue weighted by atomic mass is 32.2. The predicted molar refractivity (Wildman–Crippen MR) is 56.5 cm³/mol. The molecule has 0 aromatic heterocycles. The summed E-state index contributed by atoms with van der Waals surface area (Å²) < 4.78 is 22.2. The number of carbonyl (C=O) groups is 1. The molecular weight excluding hydrogens is 218 g/mol. The van der Waals surface area contributed by atoms with Crippen LogP contribution in [0.15, 0.2) is 11.6 Å². The molecule has 2 N–H and O–H groups in total. The molecule has 0 amide bonds. The summed E-state index contributed by atoms with van der Waals surface area (Å²) in [4.78, 5) is 10.3. The van der Waals surface area contributed by atoms with Crippen molar-refractivity contribution in [2.75, 3.05) is 18.1 Å². The summed E-state index contributed by atoms with van der Waals surface area (Å²) >= 11 is 0. The number of nitrogens with one attached hydrogen (secondary N) is 1. The number of aliphatic carboxylic acids is 1. The smallest absolute Gasteiger partial charge is 0.328 e. The van der Waals surface area contributed by atoms with Crippen molar-refractivity contribution in [1.82, 2.24) is 5.32 Å². The summed E-state index contributed by atoms with van der Waals surface area (Å²) in [6.45, 7) is 2.12. The number of hydrogen-bond donors (Lipinski definition) is 2. The average Bonchev–Trinajstić information content (AvgIpc) is 2.41. The molecule has 1 heterocycles. The summed E-state index contributed by atoms with van der Waals surface area (Å²) in [6.07, 6.45) is 1.74. The van der Waals surface area contributed by atoms with E-state index in [9.17, 15) is 13.2 Å². The van der Waals surface area contributed by atoms with Gasteiger partial charge in [-0.25, -0.2) is 13.2 Å². The Kier molecular flexibility index (Phi) is 3.87. The van der Waals surface area contributed by atoms with Gasteiger partial charge in [-0.15, -0.1) is 0 Å². The van der Waals surface area contributed by atoms with Crippen LogP contribution in [0, 0.1) is 0 Å². The first kappa shape index (κ1) is 12.2. The molecule has 1 fully saturated rings. The molecular formula is C9H15NO4S. The van der Waals surface area contributed by atoms with Crippen LogP contribution in [0.5, 0.6) is 0 Å². The van der Waals surface area contributed by atoms with Crippen LogP contribution in [0.4, 0.5) is 0 Å². The van der Waals surface area contributed by atoms with Gasteiger partial charge in [0.1, 0.15) is 0 Å². The number of carboxylic acids is 1. The Bertz CT molecular complexity index is 372. The van der Waals surface area contributed by atoms with E-state index in [0.29, 0.717) is 18.5 Å². The first-order chi connectivity index (χ1) is 6.89. The summed E-state index contributed by atoms with van der Waals surface area (Å²) in [5.74, 6) is -0.590. The Hall–Kier alpha value is -0.880. The van der Waals surface area contributed by atoms with Crippen molar-refractivity contribution in [2.24, 2.45) is 0 Å².